The van der Waals surface area contributed by atoms with Crippen LogP contribution in [-0.2, 0) is 19.4 Å². The first-order valence-corrected chi connectivity index (χ1v) is 10.8. The maximum atomic E-state index is 9.10. The molecule has 2 heterocycles. The maximum absolute atomic E-state index is 9.10. The van der Waals surface area contributed by atoms with E-state index in [0.717, 1.165) is 29.7 Å². The minimum atomic E-state index is -0.153. The topological polar surface area (TPSA) is 54.5 Å². The first kappa shape index (κ1) is 19.2. The molecule has 0 radical (unpaired) electrons. The van der Waals surface area contributed by atoms with E-state index >= 15 is 0 Å². The molecule has 0 spiro atoms. The van der Waals surface area contributed by atoms with E-state index < -0.39 is 0 Å². The smallest absolute Gasteiger partial charge is 0.193 e. The summed E-state index contributed by atoms with van der Waals surface area (Å²) in [4.78, 5) is 2.67. The summed E-state index contributed by atoms with van der Waals surface area (Å²) in [5.74, 6) is 1.62. The Labute approximate surface area is 164 Å². The van der Waals surface area contributed by atoms with Crippen LogP contribution in [0.1, 0.15) is 44.6 Å². The summed E-state index contributed by atoms with van der Waals surface area (Å²) < 4.78 is 2.07. The zero-order chi connectivity index (χ0) is 18.9. The number of nitriles is 1. The van der Waals surface area contributed by atoms with Crippen molar-refractivity contribution in [3.8, 4) is 16.8 Å². The number of aromatic nitrogens is 3. The molecule has 0 saturated carbocycles. The second-order valence-electron chi connectivity index (χ2n) is 7.96. The van der Waals surface area contributed by atoms with Gasteiger partial charge in [0.25, 0.3) is 0 Å². The zero-order valence-corrected chi connectivity index (χ0v) is 17.6. The number of thiophene rings is 1. The van der Waals surface area contributed by atoms with Gasteiger partial charge < -0.3 is 0 Å². The van der Waals surface area contributed by atoms with Gasteiger partial charge in [0.1, 0.15) is 0 Å². The van der Waals surface area contributed by atoms with Gasteiger partial charge in [-0.15, -0.1) is 28.1 Å². The number of aryl methyl sites for hydroxylation is 1. The van der Waals surface area contributed by atoms with Gasteiger partial charge in [0.05, 0.1) is 16.2 Å². The average molecular weight is 387 g/mol. The van der Waals surface area contributed by atoms with Gasteiger partial charge in [-0.2, -0.15) is 5.26 Å². The summed E-state index contributed by atoms with van der Waals surface area (Å²) in [5.41, 5.74) is 1.82. The van der Waals surface area contributed by atoms with Crippen LogP contribution in [0, 0.1) is 22.7 Å². The summed E-state index contributed by atoms with van der Waals surface area (Å²) in [6.45, 7) is 13.4. The summed E-state index contributed by atoms with van der Waals surface area (Å²) in [6, 6.07) is 4.56. The third-order valence-corrected chi connectivity index (χ3v) is 7.23. The molecule has 2 aromatic heterocycles. The lowest BCUT2D eigenvalue weighted by molar-refractivity contribution is 0.217. The van der Waals surface area contributed by atoms with Crippen molar-refractivity contribution < 1.29 is 0 Å². The van der Waals surface area contributed by atoms with Crippen LogP contribution in [0.3, 0.4) is 0 Å². The molecule has 3 rings (SSSR count). The molecule has 138 valence electrons. The molecule has 0 N–H and O–H groups in total. The fourth-order valence-electron chi connectivity index (χ4n) is 3.41. The number of hydrogen-bond acceptors (Lipinski definition) is 5. The van der Waals surface area contributed by atoms with Gasteiger partial charge in [-0.1, -0.05) is 38.6 Å². The second-order valence-corrected chi connectivity index (χ2v) is 10.4. The molecule has 0 aliphatic heterocycles. The number of rotatable bonds is 5. The summed E-state index contributed by atoms with van der Waals surface area (Å²) in [7, 11) is 0. The molecule has 1 aliphatic rings. The molecule has 0 saturated heterocycles. The van der Waals surface area contributed by atoms with Crippen LogP contribution in [0.5, 0.6) is 0 Å². The van der Waals surface area contributed by atoms with Gasteiger partial charge in [0, 0.05) is 11.4 Å². The Bertz CT molecular complexity index is 835. The number of hydrogen-bond donors (Lipinski definition) is 0. The molecule has 6 heteroatoms. The normalized spacial score (nSPS) is 18.2. The molecule has 2 aromatic rings. The van der Waals surface area contributed by atoms with Crippen molar-refractivity contribution in [1.82, 2.24) is 14.8 Å². The van der Waals surface area contributed by atoms with Crippen LogP contribution in [0.4, 0.5) is 0 Å². The molecule has 0 fully saturated rings. The Hall–Kier alpha value is -1.58. The second kappa shape index (κ2) is 7.58. The van der Waals surface area contributed by atoms with Crippen LogP contribution in [0.2, 0.25) is 0 Å². The first-order chi connectivity index (χ1) is 12.3. The number of fused-ring (bicyclic) bond motifs is 1. The summed E-state index contributed by atoms with van der Waals surface area (Å²) in [6.07, 6.45) is 5.43. The quantitative estimate of drug-likeness (QED) is 0.513. The molecular formula is C20H26N4S2. The number of thioether (sulfide) groups is 1. The number of allylic oxidation sites excluding steroid dienone is 1. The van der Waals surface area contributed by atoms with Crippen molar-refractivity contribution in [1.29, 1.82) is 5.26 Å². The zero-order valence-electron chi connectivity index (χ0n) is 16.0. The lowest BCUT2D eigenvalue weighted by atomic mass is 9.72. The third kappa shape index (κ3) is 3.89. The predicted octanol–water partition coefficient (Wildman–Crippen LogP) is 5.35. The highest BCUT2D eigenvalue weighted by Gasteiger charge is 2.30. The molecule has 0 aromatic carbocycles. The highest BCUT2D eigenvalue weighted by Crippen LogP contribution is 2.42. The highest BCUT2D eigenvalue weighted by atomic mass is 32.2. The lowest BCUT2D eigenvalue weighted by Crippen LogP contribution is -2.26. The Balaban J connectivity index is 1.92. The van der Waals surface area contributed by atoms with Gasteiger partial charge in [-0.25, -0.2) is 0 Å². The predicted molar refractivity (Wildman–Crippen MR) is 109 cm³/mol. The van der Waals surface area contributed by atoms with Gasteiger partial charge >= 0.3 is 0 Å². The minimum Gasteiger partial charge on any atom is -0.297 e. The van der Waals surface area contributed by atoms with Crippen LogP contribution in [-0.4, -0.2) is 20.0 Å². The van der Waals surface area contributed by atoms with Gasteiger partial charge in [0.15, 0.2) is 11.0 Å². The van der Waals surface area contributed by atoms with Crippen molar-refractivity contribution in [3.05, 3.63) is 29.2 Å². The Morgan fingerprint density at radius 2 is 2.27 bits per heavy atom. The van der Waals surface area contributed by atoms with Crippen molar-refractivity contribution >= 4 is 23.1 Å². The SMILES string of the molecule is C=CCn1c(S[C@H](C)C#N)nnc1-c1cc2c(s1)CC[C@H](C(C)(C)C)C2. The first-order valence-electron chi connectivity index (χ1n) is 9.05. The van der Waals surface area contributed by atoms with Crippen LogP contribution in [0.25, 0.3) is 10.7 Å². The maximum Gasteiger partial charge on any atom is 0.193 e. The van der Waals surface area contributed by atoms with E-state index in [2.05, 4.69) is 54.3 Å². The van der Waals surface area contributed by atoms with E-state index in [4.69, 9.17) is 5.26 Å². The lowest BCUT2D eigenvalue weighted by Gasteiger charge is -2.33. The van der Waals surface area contributed by atoms with Gasteiger partial charge in [-0.3, -0.25) is 4.57 Å². The fraction of sp³-hybridized carbons (Fsp3) is 0.550. The fourth-order valence-corrected chi connectivity index (χ4v) is 5.36. The Morgan fingerprint density at radius 3 is 2.92 bits per heavy atom. The monoisotopic (exact) mass is 386 g/mol. The molecule has 0 amide bonds. The van der Waals surface area contributed by atoms with Crippen molar-refractivity contribution in [2.24, 2.45) is 11.3 Å². The average Bonchev–Trinajstić information content (AvgIpc) is 3.17. The van der Waals surface area contributed by atoms with Crippen LogP contribution >= 0.6 is 23.1 Å². The standard InChI is InChI=1S/C20H26N4S2/c1-6-9-24-18(22-23-19(24)25-13(2)12-21)17-11-14-10-15(20(3,4)5)7-8-16(14)26-17/h6,11,13,15H,1,7-10H2,2-5H3/t13-,15+/m1/s1. The van der Waals surface area contributed by atoms with E-state index in [1.54, 1.807) is 0 Å². The summed E-state index contributed by atoms with van der Waals surface area (Å²) >= 11 is 3.30. The van der Waals surface area contributed by atoms with Crippen molar-refractivity contribution in [3.63, 3.8) is 0 Å². The van der Waals surface area contributed by atoms with Crippen molar-refractivity contribution in [2.45, 2.75) is 63.9 Å². The molecule has 1 aliphatic carbocycles. The van der Waals surface area contributed by atoms with E-state index in [9.17, 15) is 0 Å². The van der Waals surface area contributed by atoms with E-state index in [-0.39, 0.29) is 5.25 Å². The third-order valence-electron chi connectivity index (χ3n) is 5.02. The van der Waals surface area contributed by atoms with E-state index in [1.807, 2.05) is 24.3 Å². The Kier molecular flexibility index (Phi) is 5.59. The summed E-state index contributed by atoms with van der Waals surface area (Å²) in [5, 5.41) is 18.5. The largest absolute Gasteiger partial charge is 0.297 e. The molecule has 4 nitrogen and oxygen atoms in total. The van der Waals surface area contributed by atoms with Gasteiger partial charge in [0.2, 0.25) is 0 Å². The Morgan fingerprint density at radius 1 is 1.50 bits per heavy atom. The van der Waals surface area contributed by atoms with E-state index in [1.165, 1.54) is 33.5 Å². The van der Waals surface area contributed by atoms with Crippen LogP contribution < -0.4 is 0 Å². The van der Waals surface area contributed by atoms with E-state index in [0.29, 0.717) is 12.0 Å². The molecule has 26 heavy (non-hydrogen) atoms. The molecular weight excluding hydrogens is 360 g/mol. The highest BCUT2D eigenvalue weighted by molar-refractivity contribution is 8.00. The molecule has 0 unspecified atom stereocenters. The molecule has 2 atom stereocenters. The van der Waals surface area contributed by atoms with Gasteiger partial charge in [-0.05, 0) is 49.1 Å². The minimum absolute atomic E-state index is 0.153. The molecule has 0 bridgehead atoms. The number of nitrogens with zero attached hydrogens (tertiary/aromatic N) is 4. The van der Waals surface area contributed by atoms with Crippen molar-refractivity contribution in [2.75, 3.05) is 0 Å². The van der Waals surface area contributed by atoms with Crippen LogP contribution in [0.15, 0.2) is 23.9 Å².